The molecule has 0 spiro atoms. The summed E-state index contributed by atoms with van der Waals surface area (Å²) in [6.07, 6.45) is -1.83. The van der Waals surface area contributed by atoms with Gasteiger partial charge in [-0.3, -0.25) is 0 Å². The molecule has 0 bridgehead atoms. The van der Waals surface area contributed by atoms with E-state index in [-0.39, 0.29) is 6.54 Å². The van der Waals surface area contributed by atoms with Gasteiger partial charge >= 0.3 is 12.2 Å². The zero-order valence-corrected chi connectivity index (χ0v) is 11.6. The number of nitrogens with one attached hydrogen (secondary N) is 2. The number of rotatable bonds is 3. The van der Waals surface area contributed by atoms with E-state index in [1.54, 1.807) is 0 Å². The second-order valence-electron chi connectivity index (χ2n) is 5.43. The fourth-order valence-corrected chi connectivity index (χ4v) is 2.42. The third-order valence-corrected chi connectivity index (χ3v) is 3.65. The third kappa shape index (κ3) is 4.09. The summed E-state index contributed by atoms with van der Waals surface area (Å²) in [5, 5.41) is 14.4. The molecule has 2 amide bonds. The predicted octanol–water partition coefficient (Wildman–Crippen LogP) is 3.27. The van der Waals surface area contributed by atoms with Crippen LogP contribution in [-0.4, -0.2) is 23.3 Å². The smallest absolute Gasteiger partial charge is 0.388 e. The normalized spacial score (nSPS) is 17.3. The molecule has 1 saturated carbocycles. The summed E-state index contributed by atoms with van der Waals surface area (Å²) < 4.78 is 51.1. The van der Waals surface area contributed by atoms with Gasteiger partial charge in [-0.25, -0.2) is 9.18 Å². The Kier molecular flexibility index (Phi) is 4.60. The quantitative estimate of drug-likeness (QED) is 0.749. The van der Waals surface area contributed by atoms with E-state index in [9.17, 15) is 27.5 Å². The summed E-state index contributed by atoms with van der Waals surface area (Å²) >= 11 is 0. The standard InChI is InChI=1S/C14H16F4N2O2/c15-10-4-3-9(14(16,17)18)7-11(10)20-12(21)19-8-13(22)5-1-2-6-13/h3-4,7,22H,1-2,5-6,8H2,(H2,19,20,21). The molecule has 4 nitrogen and oxygen atoms in total. The third-order valence-electron chi connectivity index (χ3n) is 3.65. The highest BCUT2D eigenvalue weighted by molar-refractivity contribution is 5.89. The largest absolute Gasteiger partial charge is 0.416 e. The van der Waals surface area contributed by atoms with E-state index in [2.05, 4.69) is 5.32 Å². The summed E-state index contributed by atoms with van der Waals surface area (Å²) in [6.45, 7) is -0.0284. The van der Waals surface area contributed by atoms with Crippen molar-refractivity contribution in [2.45, 2.75) is 37.5 Å². The first-order valence-corrected chi connectivity index (χ1v) is 6.84. The van der Waals surface area contributed by atoms with Crippen LogP contribution in [0.1, 0.15) is 31.2 Å². The molecule has 0 heterocycles. The van der Waals surface area contributed by atoms with Crippen LogP contribution >= 0.6 is 0 Å². The molecule has 0 saturated heterocycles. The van der Waals surface area contributed by atoms with E-state index in [0.29, 0.717) is 31.0 Å². The van der Waals surface area contributed by atoms with Crippen LogP contribution in [0.3, 0.4) is 0 Å². The van der Waals surface area contributed by atoms with Gasteiger partial charge in [-0.15, -0.1) is 0 Å². The van der Waals surface area contributed by atoms with Gasteiger partial charge in [-0.2, -0.15) is 13.2 Å². The van der Waals surface area contributed by atoms with Crippen molar-refractivity contribution in [3.63, 3.8) is 0 Å². The van der Waals surface area contributed by atoms with E-state index in [4.69, 9.17) is 0 Å². The monoisotopic (exact) mass is 320 g/mol. The molecule has 1 aliphatic rings. The Morgan fingerprint density at radius 2 is 1.91 bits per heavy atom. The maximum Gasteiger partial charge on any atom is 0.416 e. The molecular weight excluding hydrogens is 304 g/mol. The summed E-state index contributed by atoms with van der Waals surface area (Å²) in [7, 11) is 0. The summed E-state index contributed by atoms with van der Waals surface area (Å²) in [5.74, 6) is -0.970. The van der Waals surface area contributed by atoms with Crippen molar-refractivity contribution in [3.05, 3.63) is 29.6 Å². The second-order valence-corrected chi connectivity index (χ2v) is 5.43. The van der Waals surface area contributed by atoms with E-state index >= 15 is 0 Å². The van der Waals surface area contributed by atoms with Gasteiger partial charge in [0.1, 0.15) is 5.82 Å². The summed E-state index contributed by atoms with van der Waals surface area (Å²) in [4.78, 5) is 11.6. The van der Waals surface area contributed by atoms with Crippen LogP contribution in [0.25, 0.3) is 0 Å². The van der Waals surface area contributed by atoms with Gasteiger partial charge in [0, 0.05) is 6.54 Å². The van der Waals surface area contributed by atoms with Gasteiger partial charge in [0.05, 0.1) is 16.9 Å². The number of hydrogen-bond acceptors (Lipinski definition) is 2. The lowest BCUT2D eigenvalue weighted by atomic mass is 10.0. The minimum atomic E-state index is -4.63. The number of urea groups is 1. The molecule has 1 fully saturated rings. The molecule has 1 aliphatic carbocycles. The van der Waals surface area contributed by atoms with Gasteiger partial charge in [0.25, 0.3) is 0 Å². The van der Waals surface area contributed by atoms with Crippen molar-refractivity contribution in [1.29, 1.82) is 0 Å². The fourth-order valence-electron chi connectivity index (χ4n) is 2.42. The maximum absolute atomic E-state index is 13.5. The number of anilines is 1. The van der Waals surface area contributed by atoms with Crippen LogP contribution < -0.4 is 10.6 Å². The lowest BCUT2D eigenvalue weighted by molar-refractivity contribution is -0.137. The van der Waals surface area contributed by atoms with E-state index in [1.165, 1.54) is 0 Å². The molecule has 0 aliphatic heterocycles. The highest BCUT2D eigenvalue weighted by Crippen LogP contribution is 2.32. The number of aliphatic hydroxyl groups is 1. The molecule has 8 heteroatoms. The average Bonchev–Trinajstić information content (AvgIpc) is 2.85. The van der Waals surface area contributed by atoms with Crippen LogP contribution in [0.5, 0.6) is 0 Å². The number of halogens is 4. The molecule has 1 aromatic carbocycles. The molecule has 122 valence electrons. The molecule has 3 N–H and O–H groups in total. The summed E-state index contributed by atoms with van der Waals surface area (Å²) in [6, 6.07) is 0.903. The Bertz CT molecular complexity index is 554. The highest BCUT2D eigenvalue weighted by atomic mass is 19.4. The molecule has 1 aromatic rings. The average molecular weight is 320 g/mol. The van der Waals surface area contributed by atoms with Crippen LogP contribution in [0.15, 0.2) is 18.2 Å². The second kappa shape index (κ2) is 6.12. The van der Waals surface area contributed by atoms with Crippen molar-refractivity contribution >= 4 is 11.7 Å². The molecule has 0 atom stereocenters. The predicted molar refractivity (Wildman–Crippen MR) is 71.8 cm³/mol. The van der Waals surface area contributed by atoms with Crippen molar-refractivity contribution in [3.8, 4) is 0 Å². The van der Waals surface area contributed by atoms with Gasteiger partial charge in [-0.05, 0) is 31.0 Å². The van der Waals surface area contributed by atoms with Crippen molar-refractivity contribution in [2.75, 3.05) is 11.9 Å². The summed E-state index contributed by atoms with van der Waals surface area (Å²) in [5.41, 5.74) is -2.62. The van der Waals surface area contributed by atoms with Gasteiger partial charge < -0.3 is 15.7 Å². The zero-order chi connectivity index (χ0) is 16.4. The number of amides is 2. The van der Waals surface area contributed by atoms with Gasteiger partial charge in [0.2, 0.25) is 0 Å². The lowest BCUT2D eigenvalue weighted by Crippen LogP contribution is -2.42. The number of alkyl halides is 3. The highest BCUT2D eigenvalue weighted by Gasteiger charge is 2.32. The van der Waals surface area contributed by atoms with Crippen LogP contribution in [0, 0.1) is 5.82 Å². The number of carbonyl (C=O) groups is 1. The van der Waals surface area contributed by atoms with E-state index < -0.39 is 34.9 Å². The molecular formula is C14H16F4N2O2. The van der Waals surface area contributed by atoms with Crippen LogP contribution in [0.4, 0.5) is 28.0 Å². The lowest BCUT2D eigenvalue weighted by Gasteiger charge is -2.22. The molecule has 0 radical (unpaired) electrons. The number of hydrogen-bond donors (Lipinski definition) is 3. The zero-order valence-electron chi connectivity index (χ0n) is 11.6. The Balaban J connectivity index is 1.99. The molecule has 0 aromatic heterocycles. The Morgan fingerprint density at radius 3 is 2.50 bits per heavy atom. The van der Waals surface area contributed by atoms with Crippen molar-refractivity contribution in [2.24, 2.45) is 0 Å². The van der Waals surface area contributed by atoms with Crippen molar-refractivity contribution in [1.82, 2.24) is 5.32 Å². The fraction of sp³-hybridized carbons (Fsp3) is 0.500. The Hall–Kier alpha value is -1.83. The molecule has 22 heavy (non-hydrogen) atoms. The Labute approximate surface area is 124 Å². The Morgan fingerprint density at radius 1 is 1.27 bits per heavy atom. The first-order chi connectivity index (χ1) is 10.2. The molecule has 2 rings (SSSR count). The topological polar surface area (TPSA) is 61.4 Å². The minimum absolute atomic E-state index is 0.0284. The van der Waals surface area contributed by atoms with E-state index in [1.807, 2.05) is 5.32 Å². The van der Waals surface area contributed by atoms with Crippen LogP contribution in [-0.2, 0) is 6.18 Å². The van der Waals surface area contributed by atoms with Gasteiger partial charge in [0.15, 0.2) is 0 Å². The SMILES string of the molecule is O=C(NCC1(O)CCCC1)Nc1cc(C(F)(F)F)ccc1F. The molecule has 0 unspecified atom stereocenters. The number of carbonyl (C=O) groups excluding carboxylic acids is 1. The van der Waals surface area contributed by atoms with E-state index in [0.717, 1.165) is 12.8 Å². The first-order valence-electron chi connectivity index (χ1n) is 6.84. The minimum Gasteiger partial charge on any atom is -0.388 e. The maximum atomic E-state index is 13.5. The van der Waals surface area contributed by atoms with Crippen LogP contribution in [0.2, 0.25) is 0 Å². The first kappa shape index (κ1) is 16.5. The van der Waals surface area contributed by atoms with Gasteiger partial charge in [-0.1, -0.05) is 12.8 Å². The van der Waals surface area contributed by atoms with Crippen molar-refractivity contribution < 1.29 is 27.5 Å². The number of benzene rings is 1.